The third-order valence-corrected chi connectivity index (χ3v) is 3.77. The van der Waals surface area contributed by atoms with Gasteiger partial charge in [0.05, 0.1) is 26.0 Å². The lowest BCUT2D eigenvalue weighted by molar-refractivity contribution is 0.0829. The molecule has 7 heteroatoms. The highest BCUT2D eigenvalue weighted by molar-refractivity contribution is 5.74. The van der Waals surface area contributed by atoms with Crippen LogP contribution < -0.4 is 9.47 Å². The van der Waals surface area contributed by atoms with Gasteiger partial charge in [-0.3, -0.25) is 4.98 Å². The summed E-state index contributed by atoms with van der Waals surface area (Å²) in [5, 5.41) is 0. The quantitative estimate of drug-likeness (QED) is 0.829. The predicted molar refractivity (Wildman–Crippen MR) is 82.1 cm³/mol. The van der Waals surface area contributed by atoms with Crippen LogP contribution in [-0.4, -0.2) is 65.2 Å². The van der Waals surface area contributed by atoms with E-state index >= 15 is 0 Å². The van der Waals surface area contributed by atoms with E-state index < -0.39 is 0 Å². The summed E-state index contributed by atoms with van der Waals surface area (Å²) in [6, 6.07) is 0.0787. The SMILES string of the molecule is CCN(CC)C(=O)N1CCCC(Oc2cncc(OC)n2)C1. The number of aromatic nitrogens is 2. The summed E-state index contributed by atoms with van der Waals surface area (Å²) in [4.78, 5) is 24.3. The molecule has 0 aliphatic carbocycles. The van der Waals surface area contributed by atoms with Gasteiger partial charge in [0.1, 0.15) is 6.10 Å². The first-order chi connectivity index (χ1) is 10.7. The lowest BCUT2D eigenvalue weighted by Crippen LogP contribution is -2.50. The largest absolute Gasteiger partial charge is 0.480 e. The fourth-order valence-corrected chi connectivity index (χ4v) is 2.56. The number of hydrogen-bond donors (Lipinski definition) is 0. The minimum absolute atomic E-state index is 0.0605. The number of methoxy groups -OCH3 is 1. The second kappa shape index (κ2) is 7.82. The van der Waals surface area contributed by atoms with E-state index in [1.54, 1.807) is 13.3 Å². The van der Waals surface area contributed by atoms with Crippen molar-refractivity contribution in [1.29, 1.82) is 0 Å². The molecule has 0 aromatic carbocycles. The number of hydrogen-bond acceptors (Lipinski definition) is 5. The van der Waals surface area contributed by atoms with Gasteiger partial charge < -0.3 is 19.3 Å². The smallest absolute Gasteiger partial charge is 0.320 e. The lowest BCUT2D eigenvalue weighted by Gasteiger charge is -2.35. The molecule has 22 heavy (non-hydrogen) atoms. The van der Waals surface area contributed by atoms with Gasteiger partial charge in [0.25, 0.3) is 0 Å². The van der Waals surface area contributed by atoms with Crippen LogP contribution in [0.1, 0.15) is 26.7 Å². The molecule has 1 aromatic heterocycles. The Hall–Kier alpha value is -2.05. The van der Waals surface area contributed by atoms with Crippen molar-refractivity contribution in [2.45, 2.75) is 32.8 Å². The Kier molecular flexibility index (Phi) is 5.80. The number of likely N-dealkylation sites (tertiary alicyclic amines) is 1. The molecule has 2 heterocycles. The van der Waals surface area contributed by atoms with Crippen LogP contribution in [0.25, 0.3) is 0 Å². The monoisotopic (exact) mass is 308 g/mol. The maximum Gasteiger partial charge on any atom is 0.320 e. The molecule has 0 saturated carbocycles. The second-order valence-electron chi connectivity index (χ2n) is 5.18. The summed E-state index contributed by atoms with van der Waals surface area (Å²) in [6.45, 7) is 6.78. The fraction of sp³-hybridized carbons (Fsp3) is 0.667. The third kappa shape index (κ3) is 3.99. The Bertz CT molecular complexity index is 493. The summed E-state index contributed by atoms with van der Waals surface area (Å²) in [5.74, 6) is 0.853. The first-order valence-corrected chi connectivity index (χ1v) is 7.74. The maximum atomic E-state index is 12.4. The van der Waals surface area contributed by atoms with Gasteiger partial charge in [-0.05, 0) is 26.7 Å². The van der Waals surface area contributed by atoms with Crippen molar-refractivity contribution in [2.24, 2.45) is 0 Å². The second-order valence-corrected chi connectivity index (χ2v) is 5.18. The Labute approximate surface area is 131 Å². The van der Waals surface area contributed by atoms with Crippen LogP contribution in [0.2, 0.25) is 0 Å². The molecule has 1 fully saturated rings. The van der Waals surface area contributed by atoms with E-state index in [-0.39, 0.29) is 12.1 Å². The van der Waals surface area contributed by atoms with Crippen LogP contribution in [0.5, 0.6) is 11.8 Å². The van der Waals surface area contributed by atoms with Crippen molar-refractivity contribution in [3.63, 3.8) is 0 Å². The Balaban J connectivity index is 1.96. The maximum absolute atomic E-state index is 12.4. The van der Waals surface area contributed by atoms with Crippen molar-refractivity contribution in [3.8, 4) is 11.8 Å². The van der Waals surface area contributed by atoms with Gasteiger partial charge in [-0.1, -0.05) is 0 Å². The molecule has 0 spiro atoms. The number of amides is 2. The number of ether oxygens (including phenoxy) is 2. The number of piperidine rings is 1. The molecular weight excluding hydrogens is 284 g/mol. The van der Waals surface area contributed by atoms with Crippen LogP contribution in [0.3, 0.4) is 0 Å². The van der Waals surface area contributed by atoms with E-state index in [0.29, 0.717) is 18.3 Å². The van der Waals surface area contributed by atoms with E-state index in [9.17, 15) is 4.79 Å². The van der Waals surface area contributed by atoms with Crippen LogP contribution >= 0.6 is 0 Å². The average Bonchev–Trinajstić information content (AvgIpc) is 2.56. The molecule has 0 bridgehead atoms. The van der Waals surface area contributed by atoms with E-state index in [1.807, 2.05) is 23.6 Å². The molecule has 1 unspecified atom stereocenters. The Morgan fingerprint density at radius 1 is 1.36 bits per heavy atom. The minimum atomic E-state index is -0.0605. The topological polar surface area (TPSA) is 67.8 Å². The van der Waals surface area contributed by atoms with Crippen molar-refractivity contribution >= 4 is 6.03 Å². The zero-order chi connectivity index (χ0) is 15.9. The van der Waals surface area contributed by atoms with E-state index in [2.05, 4.69) is 9.97 Å². The van der Waals surface area contributed by atoms with E-state index in [1.165, 1.54) is 6.20 Å². The van der Waals surface area contributed by atoms with Gasteiger partial charge in [0.15, 0.2) is 0 Å². The van der Waals surface area contributed by atoms with Gasteiger partial charge >= 0.3 is 6.03 Å². The van der Waals surface area contributed by atoms with Gasteiger partial charge in [-0.25, -0.2) is 4.79 Å². The summed E-state index contributed by atoms with van der Waals surface area (Å²) < 4.78 is 10.9. The zero-order valence-corrected chi connectivity index (χ0v) is 13.5. The van der Waals surface area contributed by atoms with Gasteiger partial charge in [0, 0.05) is 19.6 Å². The van der Waals surface area contributed by atoms with Crippen molar-refractivity contribution in [1.82, 2.24) is 19.8 Å². The molecule has 122 valence electrons. The molecule has 7 nitrogen and oxygen atoms in total. The minimum Gasteiger partial charge on any atom is -0.480 e. The van der Waals surface area contributed by atoms with Gasteiger partial charge in [0.2, 0.25) is 11.8 Å². The first kappa shape index (κ1) is 16.3. The highest BCUT2D eigenvalue weighted by atomic mass is 16.5. The summed E-state index contributed by atoms with van der Waals surface area (Å²) >= 11 is 0. The Morgan fingerprint density at radius 3 is 2.77 bits per heavy atom. The highest BCUT2D eigenvalue weighted by Gasteiger charge is 2.27. The highest BCUT2D eigenvalue weighted by Crippen LogP contribution is 2.19. The van der Waals surface area contributed by atoms with Crippen molar-refractivity contribution in [3.05, 3.63) is 12.4 Å². The third-order valence-electron chi connectivity index (χ3n) is 3.77. The van der Waals surface area contributed by atoms with Crippen LogP contribution in [0.15, 0.2) is 12.4 Å². The molecule has 1 saturated heterocycles. The summed E-state index contributed by atoms with van der Waals surface area (Å²) in [6.07, 6.45) is 4.86. The number of urea groups is 1. The predicted octanol–water partition coefficient (Wildman–Crippen LogP) is 1.79. The molecule has 0 N–H and O–H groups in total. The fourth-order valence-electron chi connectivity index (χ4n) is 2.56. The average molecular weight is 308 g/mol. The number of carbonyl (C=O) groups is 1. The number of rotatable bonds is 5. The molecule has 0 radical (unpaired) electrons. The standard InChI is InChI=1S/C15H24N4O3/c1-4-18(5-2)15(20)19-8-6-7-12(11-19)22-14-10-16-9-13(17-14)21-3/h9-10,12H,4-8,11H2,1-3H3. The molecule has 1 aromatic rings. The van der Waals surface area contributed by atoms with E-state index in [4.69, 9.17) is 9.47 Å². The molecule has 2 amide bonds. The number of nitrogens with zero attached hydrogens (tertiary/aromatic N) is 4. The Morgan fingerprint density at radius 2 is 2.09 bits per heavy atom. The molecular formula is C15H24N4O3. The van der Waals surface area contributed by atoms with Crippen LogP contribution in [0.4, 0.5) is 4.79 Å². The van der Waals surface area contributed by atoms with Crippen molar-refractivity contribution in [2.75, 3.05) is 33.3 Å². The molecule has 2 rings (SSSR count). The summed E-state index contributed by atoms with van der Waals surface area (Å²) in [7, 11) is 1.54. The molecule has 1 aliphatic rings. The molecule has 1 atom stereocenters. The number of carbonyl (C=O) groups excluding carboxylic acids is 1. The first-order valence-electron chi connectivity index (χ1n) is 7.74. The van der Waals surface area contributed by atoms with Gasteiger partial charge in [-0.2, -0.15) is 4.98 Å². The zero-order valence-electron chi connectivity index (χ0n) is 13.5. The van der Waals surface area contributed by atoms with Crippen molar-refractivity contribution < 1.29 is 14.3 Å². The van der Waals surface area contributed by atoms with Crippen LogP contribution in [-0.2, 0) is 0 Å². The van der Waals surface area contributed by atoms with E-state index in [0.717, 1.165) is 32.5 Å². The molecule has 1 aliphatic heterocycles. The lowest BCUT2D eigenvalue weighted by atomic mass is 10.1. The summed E-state index contributed by atoms with van der Waals surface area (Å²) in [5.41, 5.74) is 0. The normalized spacial score (nSPS) is 18.0. The van der Waals surface area contributed by atoms with Gasteiger partial charge in [-0.15, -0.1) is 0 Å². The van der Waals surface area contributed by atoms with Crippen LogP contribution in [0, 0.1) is 0 Å².